The van der Waals surface area contributed by atoms with Crippen LogP contribution in [0.2, 0.25) is 5.15 Å². The number of aliphatic hydroxyl groups excluding tert-OH is 1. The molecule has 0 amide bonds. The highest BCUT2D eigenvalue weighted by Crippen LogP contribution is 2.69. The molecule has 8 heteroatoms. The zero-order valence-corrected chi connectivity index (χ0v) is 20.5. The number of hydrogen-bond acceptors (Lipinski definition) is 6. The first-order chi connectivity index (χ1) is 15.9. The molecule has 2 aliphatic rings. The average molecular weight is 532 g/mol. The van der Waals surface area contributed by atoms with E-state index in [0.29, 0.717) is 17.9 Å². The number of rotatable bonds is 5. The summed E-state index contributed by atoms with van der Waals surface area (Å²) in [5.41, 5.74) is -1.21. The number of pyridine rings is 1. The van der Waals surface area contributed by atoms with E-state index in [1.165, 1.54) is 7.11 Å². The van der Waals surface area contributed by atoms with Crippen molar-refractivity contribution in [2.75, 3.05) is 20.7 Å². The fraction of sp³-hybridized carbons (Fsp3) is 0.320. The van der Waals surface area contributed by atoms with Gasteiger partial charge in [0.15, 0.2) is 11.2 Å². The Kier molecular flexibility index (Phi) is 5.66. The Morgan fingerprint density at radius 2 is 1.88 bits per heavy atom. The number of aromatic nitrogens is 1. The Balaban J connectivity index is 1.87. The number of benzene rings is 2. The van der Waals surface area contributed by atoms with Crippen molar-refractivity contribution in [2.45, 2.75) is 23.2 Å². The van der Waals surface area contributed by atoms with E-state index in [1.807, 2.05) is 61.6 Å². The van der Waals surface area contributed by atoms with Crippen LogP contribution in [0.1, 0.15) is 22.6 Å². The van der Waals surface area contributed by atoms with Crippen molar-refractivity contribution >= 4 is 27.5 Å². The van der Waals surface area contributed by atoms with E-state index >= 15 is 0 Å². The molecule has 0 radical (unpaired) electrons. The Morgan fingerprint density at radius 1 is 1.18 bits per heavy atom. The SMILES string of the molecule is CNC[C@H]1[C@@H](O)[C@@]2(O)c3c(cc(Cl)nc3OC)O[C@@]2(c2ccc(Br)cc2)[C@@H]1c1ccccc1. The maximum absolute atomic E-state index is 12.6. The van der Waals surface area contributed by atoms with Gasteiger partial charge in [-0.3, -0.25) is 0 Å². The molecule has 33 heavy (non-hydrogen) atoms. The molecule has 0 saturated heterocycles. The van der Waals surface area contributed by atoms with E-state index in [0.717, 1.165) is 15.6 Å². The summed E-state index contributed by atoms with van der Waals surface area (Å²) < 4.78 is 13.1. The van der Waals surface area contributed by atoms with Gasteiger partial charge in [0.25, 0.3) is 0 Å². The van der Waals surface area contributed by atoms with Gasteiger partial charge in [-0.15, -0.1) is 0 Å². The summed E-state index contributed by atoms with van der Waals surface area (Å²) >= 11 is 9.76. The number of halogens is 2. The van der Waals surface area contributed by atoms with E-state index in [9.17, 15) is 10.2 Å². The summed E-state index contributed by atoms with van der Waals surface area (Å²) in [5.74, 6) is -0.294. The highest BCUT2D eigenvalue weighted by atomic mass is 79.9. The van der Waals surface area contributed by atoms with Crippen molar-refractivity contribution in [3.8, 4) is 11.6 Å². The van der Waals surface area contributed by atoms with Crippen molar-refractivity contribution in [3.05, 3.63) is 87.0 Å². The fourth-order valence-electron chi connectivity index (χ4n) is 5.71. The first-order valence-corrected chi connectivity index (χ1v) is 11.9. The lowest BCUT2D eigenvalue weighted by Crippen LogP contribution is -2.52. The van der Waals surface area contributed by atoms with Crippen LogP contribution in [0.5, 0.6) is 11.6 Å². The Bertz CT molecular complexity index is 1180. The molecule has 3 N–H and O–H groups in total. The molecule has 1 aliphatic heterocycles. The van der Waals surface area contributed by atoms with Crippen LogP contribution >= 0.6 is 27.5 Å². The number of hydrogen-bond donors (Lipinski definition) is 3. The molecule has 1 aliphatic carbocycles. The maximum Gasteiger partial charge on any atom is 0.224 e. The van der Waals surface area contributed by atoms with Gasteiger partial charge >= 0.3 is 0 Å². The standard InChI is InChI=1S/C25H24BrClN2O4/c1-28-13-17-20(14-6-4-3-5-7-14)25(15-8-10-16(26)11-9-15)24(31,22(17)30)21-18(33-25)12-19(27)29-23(21)32-2/h3-12,17,20,22,28,30-31H,13H2,1-2H3/t17-,20-,22-,24+,25+/m1/s1. The number of methoxy groups -OCH3 is 1. The minimum Gasteiger partial charge on any atom is -0.481 e. The zero-order valence-electron chi connectivity index (χ0n) is 18.1. The van der Waals surface area contributed by atoms with Gasteiger partial charge in [0, 0.05) is 28.9 Å². The highest BCUT2D eigenvalue weighted by molar-refractivity contribution is 9.10. The molecule has 3 aromatic rings. The van der Waals surface area contributed by atoms with Crippen molar-refractivity contribution < 1.29 is 19.7 Å². The third-order valence-corrected chi connectivity index (χ3v) is 7.62. The van der Waals surface area contributed by atoms with Gasteiger partial charge in [0.2, 0.25) is 5.88 Å². The molecule has 2 heterocycles. The molecule has 0 bridgehead atoms. The summed E-state index contributed by atoms with van der Waals surface area (Å²) in [5, 5.41) is 27.7. The van der Waals surface area contributed by atoms with Crippen LogP contribution in [0.25, 0.3) is 0 Å². The third kappa shape index (κ3) is 3.07. The number of aliphatic hydroxyl groups is 2. The quantitative estimate of drug-likeness (QED) is 0.432. The van der Waals surface area contributed by atoms with Crippen LogP contribution in [0.3, 0.4) is 0 Å². The number of fused-ring (bicyclic) bond motifs is 3. The van der Waals surface area contributed by atoms with E-state index in [1.54, 1.807) is 6.07 Å². The number of nitrogens with one attached hydrogen (secondary N) is 1. The van der Waals surface area contributed by atoms with Gasteiger partial charge in [-0.05, 0) is 30.3 Å². The molecule has 172 valence electrons. The number of ether oxygens (including phenoxy) is 2. The maximum atomic E-state index is 12.6. The van der Waals surface area contributed by atoms with Gasteiger partial charge in [0.1, 0.15) is 10.9 Å². The van der Waals surface area contributed by atoms with Gasteiger partial charge in [-0.2, -0.15) is 0 Å². The van der Waals surface area contributed by atoms with Crippen molar-refractivity contribution in [3.63, 3.8) is 0 Å². The molecule has 0 spiro atoms. The topological polar surface area (TPSA) is 83.8 Å². The van der Waals surface area contributed by atoms with Gasteiger partial charge in [-0.1, -0.05) is 70.0 Å². The van der Waals surface area contributed by atoms with Crippen molar-refractivity contribution in [2.24, 2.45) is 5.92 Å². The van der Waals surface area contributed by atoms with E-state index in [4.69, 9.17) is 21.1 Å². The van der Waals surface area contributed by atoms with Crippen LogP contribution in [-0.4, -0.2) is 42.0 Å². The summed E-state index contributed by atoms with van der Waals surface area (Å²) in [4.78, 5) is 4.28. The number of nitrogens with zero attached hydrogens (tertiary/aromatic N) is 1. The molecular formula is C25H24BrClN2O4. The second-order valence-electron chi connectivity index (χ2n) is 8.49. The lowest BCUT2D eigenvalue weighted by Gasteiger charge is -2.41. The van der Waals surface area contributed by atoms with Gasteiger partial charge in [-0.25, -0.2) is 4.98 Å². The zero-order chi connectivity index (χ0) is 23.4. The molecule has 5 atom stereocenters. The summed E-state index contributed by atoms with van der Waals surface area (Å²) in [6, 6.07) is 19.0. The van der Waals surface area contributed by atoms with Crippen LogP contribution < -0.4 is 14.8 Å². The molecule has 0 unspecified atom stereocenters. The Labute approximate surface area is 205 Å². The minimum absolute atomic E-state index is 0.134. The predicted molar refractivity (Wildman–Crippen MR) is 129 cm³/mol. The predicted octanol–water partition coefficient (Wildman–Crippen LogP) is 3.98. The van der Waals surface area contributed by atoms with Crippen LogP contribution in [0, 0.1) is 5.92 Å². The monoisotopic (exact) mass is 530 g/mol. The van der Waals surface area contributed by atoms with E-state index < -0.39 is 23.2 Å². The summed E-state index contributed by atoms with van der Waals surface area (Å²) in [7, 11) is 3.29. The smallest absolute Gasteiger partial charge is 0.224 e. The van der Waals surface area contributed by atoms with Gasteiger partial charge < -0.3 is 25.0 Å². The normalized spacial score (nSPS) is 29.9. The molecule has 1 saturated carbocycles. The highest BCUT2D eigenvalue weighted by Gasteiger charge is 2.76. The molecular weight excluding hydrogens is 508 g/mol. The first kappa shape index (κ1) is 22.6. The Hall–Kier alpha value is -2.16. The van der Waals surface area contributed by atoms with Crippen LogP contribution in [-0.2, 0) is 11.2 Å². The molecule has 5 rings (SSSR count). The fourth-order valence-corrected chi connectivity index (χ4v) is 6.15. The second kappa shape index (κ2) is 8.25. The third-order valence-electron chi connectivity index (χ3n) is 6.90. The lowest BCUT2D eigenvalue weighted by molar-refractivity contribution is -0.152. The van der Waals surface area contributed by atoms with Gasteiger partial charge in [0.05, 0.1) is 18.8 Å². The van der Waals surface area contributed by atoms with Crippen molar-refractivity contribution in [1.29, 1.82) is 0 Å². The second-order valence-corrected chi connectivity index (χ2v) is 9.80. The minimum atomic E-state index is -1.85. The largest absolute Gasteiger partial charge is 0.481 e. The summed E-state index contributed by atoms with van der Waals surface area (Å²) in [6.45, 7) is 0.462. The lowest BCUT2D eigenvalue weighted by atomic mass is 9.71. The van der Waals surface area contributed by atoms with Crippen LogP contribution in [0.4, 0.5) is 0 Å². The first-order valence-electron chi connectivity index (χ1n) is 10.7. The molecule has 6 nitrogen and oxygen atoms in total. The van der Waals surface area contributed by atoms with E-state index in [-0.39, 0.29) is 17.0 Å². The molecule has 2 aromatic carbocycles. The van der Waals surface area contributed by atoms with Crippen molar-refractivity contribution in [1.82, 2.24) is 10.3 Å². The van der Waals surface area contributed by atoms with Crippen LogP contribution in [0.15, 0.2) is 65.1 Å². The summed E-state index contributed by atoms with van der Waals surface area (Å²) in [6.07, 6.45) is -1.18. The van der Waals surface area contributed by atoms with E-state index in [2.05, 4.69) is 26.2 Å². The molecule has 1 aromatic heterocycles. The molecule has 1 fully saturated rings. The Morgan fingerprint density at radius 3 is 2.52 bits per heavy atom. The average Bonchev–Trinajstić information content (AvgIpc) is 3.18.